The first-order chi connectivity index (χ1) is 10.9. The third-order valence-corrected chi connectivity index (χ3v) is 6.05. The first-order valence-corrected chi connectivity index (χ1v) is 8.96. The van der Waals surface area contributed by atoms with Crippen LogP contribution in [0.5, 0.6) is 0 Å². The molecule has 1 saturated heterocycles. The van der Waals surface area contributed by atoms with Gasteiger partial charge in [0, 0.05) is 26.3 Å². The van der Waals surface area contributed by atoms with Crippen molar-refractivity contribution in [1.82, 2.24) is 24.2 Å². The third kappa shape index (κ3) is 2.81. The molecule has 1 N–H and O–H groups in total. The van der Waals surface area contributed by atoms with E-state index in [1.807, 2.05) is 7.05 Å². The topological polar surface area (TPSA) is 97.2 Å². The molecule has 2 aromatic rings. The minimum atomic E-state index is -3.38. The van der Waals surface area contributed by atoms with E-state index in [2.05, 4.69) is 14.7 Å². The van der Waals surface area contributed by atoms with Crippen LogP contribution in [0.4, 0.5) is 0 Å². The van der Waals surface area contributed by atoms with Crippen molar-refractivity contribution in [3.05, 3.63) is 24.2 Å². The summed E-state index contributed by atoms with van der Waals surface area (Å²) in [5.41, 5.74) is 1.63. The Morgan fingerprint density at radius 1 is 1.39 bits per heavy atom. The molecule has 124 valence electrons. The van der Waals surface area contributed by atoms with Gasteiger partial charge in [-0.3, -0.25) is 4.79 Å². The second-order valence-electron chi connectivity index (χ2n) is 5.65. The van der Waals surface area contributed by atoms with Crippen molar-refractivity contribution in [3.63, 3.8) is 0 Å². The molecule has 3 heterocycles. The lowest BCUT2D eigenvalue weighted by Gasteiger charge is -2.32. The van der Waals surface area contributed by atoms with E-state index < -0.39 is 15.3 Å². The average molecular weight is 337 g/mol. The molecule has 3 rings (SSSR count). The van der Waals surface area contributed by atoms with Crippen LogP contribution < -0.4 is 4.72 Å². The predicted molar refractivity (Wildman–Crippen MR) is 85.4 cm³/mol. The highest BCUT2D eigenvalue weighted by molar-refractivity contribution is 7.90. The summed E-state index contributed by atoms with van der Waals surface area (Å²) >= 11 is 0. The van der Waals surface area contributed by atoms with Crippen molar-refractivity contribution in [2.45, 2.75) is 18.1 Å². The highest BCUT2D eigenvalue weighted by Crippen LogP contribution is 2.21. The van der Waals surface area contributed by atoms with E-state index in [9.17, 15) is 13.2 Å². The molecule has 1 fully saturated rings. The molecule has 1 unspecified atom stereocenters. The molecule has 23 heavy (non-hydrogen) atoms. The largest absolute Gasteiger partial charge is 0.337 e. The lowest BCUT2D eigenvalue weighted by molar-refractivity contribution is 0.0728. The summed E-state index contributed by atoms with van der Waals surface area (Å²) in [6.07, 6.45) is 4.40. The minimum absolute atomic E-state index is 0.193. The fraction of sp³-hybridized carbons (Fsp3) is 0.500. The number of nitrogens with one attached hydrogen (secondary N) is 1. The lowest BCUT2D eigenvalue weighted by Crippen LogP contribution is -2.47. The van der Waals surface area contributed by atoms with Crippen LogP contribution in [0.15, 0.2) is 18.6 Å². The fourth-order valence-electron chi connectivity index (χ4n) is 2.91. The van der Waals surface area contributed by atoms with Gasteiger partial charge in [-0.05, 0) is 26.0 Å². The van der Waals surface area contributed by atoms with E-state index >= 15 is 0 Å². The van der Waals surface area contributed by atoms with Crippen molar-refractivity contribution in [2.24, 2.45) is 7.05 Å². The average Bonchev–Trinajstić information content (AvgIpc) is 2.96. The Morgan fingerprint density at radius 3 is 2.91 bits per heavy atom. The first kappa shape index (κ1) is 15.9. The molecule has 8 nitrogen and oxygen atoms in total. The maximum absolute atomic E-state index is 12.8. The SMILES string of the molecule is CNS(=O)(=O)C1CCCN(C(=O)c2ccnc3c2ncn3C)C1. The van der Waals surface area contributed by atoms with Crippen LogP contribution >= 0.6 is 0 Å². The molecule has 1 atom stereocenters. The van der Waals surface area contributed by atoms with Crippen molar-refractivity contribution in [2.75, 3.05) is 20.1 Å². The van der Waals surface area contributed by atoms with Crippen LogP contribution in [0.2, 0.25) is 0 Å². The number of carbonyl (C=O) groups is 1. The van der Waals surface area contributed by atoms with Gasteiger partial charge in [0.05, 0.1) is 17.1 Å². The van der Waals surface area contributed by atoms with Gasteiger partial charge in [0.15, 0.2) is 5.65 Å². The Kier molecular flexibility index (Phi) is 4.07. The van der Waals surface area contributed by atoms with Gasteiger partial charge in [0.1, 0.15) is 5.52 Å². The van der Waals surface area contributed by atoms with Crippen LogP contribution in [0.25, 0.3) is 11.2 Å². The van der Waals surface area contributed by atoms with Crippen LogP contribution in [0, 0.1) is 0 Å². The number of imidazole rings is 1. The molecule has 2 aromatic heterocycles. The zero-order valence-corrected chi connectivity index (χ0v) is 13.9. The number of aromatic nitrogens is 3. The lowest BCUT2D eigenvalue weighted by atomic mass is 10.1. The Labute approximate surface area is 134 Å². The molecule has 1 aliphatic heterocycles. The van der Waals surface area contributed by atoms with Gasteiger partial charge in [-0.25, -0.2) is 23.1 Å². The first-order valence-electron chi connectivity index (χ1n) is 7.41. The maximum atomic E-state index is 12.8. The van der Waals surface area contributed by atoms with Gasteiger partial charge >= 0.3 is 0 Å². The minimum Gasteiger partial charge on any atom is -0.337 e. The summed E-state index contributed by atoms with van der Waals surface area (Å²) in [7, 11) is -0.173. The quantitative estimate of drug-likeness (QED) is 0.858. The number of hydrogen-bond acceptors (Lipinski definition) is 5. The van der Waals surface area contributed by atoms with Gasteiger partial charge < -0.3 is 9.47 Å². The molecule has 0 bridgehead atoms. The Morgan fingerprint density at radius 2 is 2.17 bits per heavy atom. The number of nitrogens with zero attached hydrogens (tertiary/aromatic N) is 4. The van der Waals surface area contributed by atoms with Crippen molar-refractivity contribution >= 4 is 27.1 Å². The summed E-state index contributed by atoms with van der Waals surface area (Å²) in [6, 6.07) is 1.63. The number of fused-ring (bicyclic) bond motifs is 1. The fourth-order valence-corrected chi connectivity index (χ4v) is 4.10. The van der Waals surface area contributed by atoms with E-state index in [0.717, 1.165) is 0 Å². The highest BCUT2D eigenvalue weighted by atomic mass is 32.2. The van der Waals surface area contributed by atoms with E-state index in [1.54, 1.807) is 28.1 Å². The van der Waals surface area contributed by atoms with E-state index in [4.69, 9.17) is 0 Å². The van der Waals surface area contributed by atoms with Gasteiger partial charge in [0.25, 0.3) is 5.91 Å². The summed E-state index contributed by atoms with van der Waals surface area (Å²) in [6.45, 7) is 0.740. The van der Waals surface area contributed by atoms with Gasteiger partial charge in [-0.2, -0.15) is 0 Å². The number of amides is 1. The molecule has 0 radical (unpaired) electrons. The number of hydrogen-bond donors (Lipinski definition) is 1. The number of piperidine rings is 1. The van der Waals surface area contributed by atoms with Gasteiger partial charge in [-0.15, -0.1) is 0 Å². The summed E-state index contributed by atoms with van der Waals surface area (Å²) in [5.74, 6) is -0.202. The van der Waals surface area contributed by atoms with Crippen molar-refractivity contribution in [1.29, 1.82) is 0 Å². The molecule has 0 spiro atoms. The molecule has 1 aliphatic rings. The molecule has 1 amide bonds. The second-order valence-corrected chi connectivity index (χ2v) is 7.82. The number of likely N-dealkylation sites (tertiary alicyclic amines) is 1. The van der Waals surface area contributed by atoms with Gasteiger partial charge in [-0.1, -0.05) is 0 Å². The Hall–Kier alpha value is -2.00. The van der Waals surface area contributed by atoms with Crippen molar-refractivity contribution < 1.29 is 13.2 Å². The highest BCUT2D eigenvalue weighted by Gasteiger charge is 2.32. The number of rotatable bonds is 3. The van der Waals surface area contributed by atoms with Gasteiger partial charge in [0.2, 0.25) is 10.0 Å². The monoisotopic (exact) mass is 337 g/mol. The Balaban J connectivity index is 1.90. The molecule has 9 heteroatoms. The standard InChI is InChI=1S/C14H19N5O3S/c1-15-23(21,22)10-4-3-7-19(8-10)14(20)11-5-6-16-13-12(11)17-9-18(13)2/h5-6,9-10,15H,3-4,7-8H2,1-2H3. The third-order valence-electron chi connectivity index (χ3n) is 4.22. The normalized spacial score (nSPS) is 19.2. The second kappa shape index (κ2) is 5.89. The van der Waals surface area contributed by atoms with E-state index in [0.29, 0.717) is 36.1 Å². The zero-order valence-electron chi connectivity index (χ0n) is 13.1. The smallest absolute Gasteiger partial charge is 0.256 e. The van der Waals surface area contributed by atoms with Crippen LogP contribution in [-0.4, -0.2) is 59.1 Å². The maximum Gasteiger partial charge on any atom is 0.256 e. The number of carbonyl (C=O) groups excluding carboxylic acids is 1. The summed E-state index contributed by atoms with van der Waals surface area (Å²) in [5, 5.41) is -0.578. The Bertz CT molecular complexity index is 845. The summed E-state index contributed by atoms with van der Waals surface area (Å²) in [4.78, 5) is 22.9. The molecule has 0 aromatic carbocycles. The van der Waals surface area contributed by atoms with Crippen LogP contribution in [0.1, 0.15) is 23.2 Å². The van der Waals surface area contributed by atoms with E-state index in [1.165, 1.54) is 7.05 Å². The molecule has 0 aliphatic carbocycles. The molecule has 0 saturated carbocycles. The zero-order chi connectivity index (χ0) is 16.6. The van der Waals surface area contributed by atoms with Crippen LogP contribution in [-0.2, 0) is 17.1 Å². The van der Waals surface area contributed by atoms with Crippen molar-refractivity contribution in [3.8, 4) is 0 Å². The van der Waals surface area contributed by atoms with Crippen LogP contribution in [0.3, 0.4) is 0 Å². The number of sulfonamides is 1. The van der Waals surface area contributed by atoms with E-state index in [-0.39, 0.29) is 12.5 Å². The summed E-state index contributed by atoms with van der Waals surface area (Å²) < 4.78 is 28.1. The molecular formula is C14H19N5O3S. The number of pyridine rings is 1. The number of aryl methyl sites for hydroxylation is 1. The molecular weight excluding hydrogens is 318 g/mol. The predicted octanol–water partition coefficient (Wildman–Crippen LogP) is 0.122.